The smallest absolute Gasteiger partial charge is 0.134 e. The molecule has 0 bridgehead atoms. The minimum Gasteiger partial charge on any atom is -0.378 e. The maximum absolute atomic E-state index is 10.8. The second kappa shape index (κ2) is 7.74. The van der Waals surface area contributed by atoms with Gasteiger partial charge in [0, 0.05) is 13.0 Å². The second-order valence-electron chi connectivity index (χ2n) is 2.80. The Labute approximate surface area is 80.3 Å². The Morgan fingerprint density at radius 1 is 1.46 bits per heavy atom. The molecule has 0 rings (SSSR count). The molecule has 2 nitrogen and oxygen atoms in total. The van der Waals surface area contributed by atoms with Crippen molar-refractivity contribution < 1.29 is 9.53 Å². The molecule has 0 unspecified atom stereocenters. The summed E-state index contributed by atoms with van der Waals surface area (Å²) in [5, 5.41) is 0. The van der Waals surface area contributed by atoms with E-state index in [1.165, 1.54) is 0 Å². The number of hydrogen-bond donors (Lipinski definition) is 0. The van der Waals surface area contributed by atoms with Gasteiger partial charge < -0.3 is 4.74 Å². The molecule has 0 saturated carbocycles. The zero-order chi connectivity index (χ0) is 10.1. The lowest BCUT2D eigenvalue weighted by atomic mass is 10.1. The van der Waals surface area contributed by atoms with Crippen LogP contribution in [0.5, 0.6) is 0 Å². The molecule has 74 valence electrons. The first-order valence-corrected chi connectivity index (χ1v) is 4.59. The van der Waals surface area contributed by atoms with E-state index in [4.69, 9.17) is 4.74 Å². The molecule has 0 fully saturated rings. The van der Waals surface area contributed by atoms with Crippen LogP contribution in [0.4, 0.5) is 0 Å². The molecular weight excluding hydrogens is 164 g/mol. The first kappa shape index (κ1) is 12.1. The van der Waals surface area contributed by atoms with Gasteiger partial charge in [0.25, 0.3) is 0 Å². The molecule has 0 saturated heterocycles. The van der Waals surface area contributed by atoms with Gasteiger partial charge in [-0.3, -0.25) is 4.79 Å². The molecule has 0 aromatic rings. The number of ketones is 1. The van der Waals surface area contributed by atoms with E-state index in [0.717, 1.165) is 12.2 Å². The molecule has 0 radical (unpaired) electrons. The summed E-state index contributed by atoms with van der Waals surface area (Å²) in [5.41, 5.74) is 1.05. The summed E-state index contributed by atoms with van der Waals surface area (Å²) in [6.45, 7) is 6.83. The molecule has 0 aliphatic rings. The number of allylic oxidation sites excluding steroid dienone is 3. The van der Waals surface area contributed by atoms with Crippen LogP contribution in [0.15, 0.2) is 23.8 Å². The molecule has 13 heavy (non-hydrogen) atoms. The van der Waals surface area contributed by atoms with Gasteiger partial charge in [-0.25, -0.2) is 0 Å². The fourth-order valence-electron chi connectivity index (χ4n) is 0.930. The summed E-state index contributed by atoms with van der Waals surface area (Å²) in [6.07, 6.45) is 6.34. The van der Waals surface area contributed by atoms with Gasteiger partial charge in [-0.1, -0.05) is 18.2 Å². The molecule has 0 atom stereocenters. The van der Waals surface area contributed by atoms with E-state index in [1.807, 2.05) is 32.1 Å². The predicted octanol–water partition coefficient (Wildman–Crippen LogP) is 2.50. The molecule has 0 heterocycles. The van der Waals surface area contributed by atoms with Crippen LogP contribution in [0, 0.1) is 0 Å². The van der Waals surface area contributed by atoms with Crippen LogP contribution in [0.1, 0.15) is 27.2 Å². The molecule has 0 amide bonds. The molecule has 0 aromatic carbocycles. The van der Waals surface area contributed by atoms with Gasteiger partial charge >= 0.3 is 0 Å². The quantitative estimate of drug-likeness (QED) is 0.466. The van der Waals surface area contributed by atoms with Crippen LogP contribution in [-0.2, 0) is 9.53 Å². The topological polar surface area (TPSA) is 26.3 Å². The third-order valence-corrected chi connectivity index (χ3v) is 1.57. The van der Waals surface area contributed by atoms with Crippen LogP contribution in [0.25, 0.3) is 0 Å². The molecular formula is C11H18O2. The van der Waals surface area contributed by atoms with Gasteiger partial charge in [0.1, 0.15) is 5.78 Å². The maximum Gasteiger partial charge on any atom is 0.134 e. The lowest BCUT2D eigenvalue weighted by Gasteiger charge is -1.97. The van der Waals surface area contributed by atoms with Gasteiger partial charge in [-0.05, 0) is 26.3 Å². The Hall–Kier alpha value is -0.890. The van der Waals surface area contributed by atoms with Gasteiger partial charge in [0.05, 0.1) is 6.61 Å². The van der Waals surface area contributed by atoms with Crippen molar-refractivity contribution in [3.8, 4) is 0 Å². The number of ether oxygens (including phenoxy) is 1. The van der Waals surface area contributed by atoms with Gasteiger partial charge in [-0.15, -0.1) is 0 Å². The van der Waals surface area contributed by atoms with E-state index in [-0.39, 0.29) is 5.78 Å². The van der Waals surface area contributed by atoms with Crippen LogP contribution in [0.2, 0.25) is 0 Å². The fourth-order valence-corrected chi connectivity index (χ4v) is 0.930. The summed E-state index contributed by atoms with van der Waals surface area (Å²) in [4.78, 5) is 10.8. The van der Waals surface area contributed by atoms with Gasteiger partial charge in [0.2, 0.25) is 0 Å². The van der Waals surface area contributed by atoms with Crippen molar-refractivity contribution in [3.63, 3.8) is 0 Å². The van der Waals surface area contributed by atoms with E-state index in [9.17, 15) is 4.79 Å². The molecule has 0 aromatic heterocycles. The normalized spacial score (nSPS) is 12.4. The summed E-state index contributed by atoms with van der Waals surface area (Å²) in [5.74, 6) is 0.189. The summed E-state index contributed by atoms with van der Waals surface area (Å²) in [7, 11) is 0. The zero-order valence-corrected chi connectivity index (χ0v) is 8.67. The van der Waals surface area contributed by atoms with Crippen molar-refractivity contribution in [2.45, 2.75) is 27.2 Å². The number of Topliss-reactive ketones (excluding diaryl/α,β-unsaturated/α-hetero) is 1. The minimum atomic E-state index is 0.189. The van der Waals surface area contributed by atoms with Crippen LogP contribution < -0.4 is 0 Å². The Kier molecular flexibility index (Phi) is 7.21. The highest BCUT2D eigenvalue weighted by Gasteiger charge is 1.95. The Bertz CT molecular complexity index is 202. The average molecular weight is 182 g/mol. The highest BCUT2D eigenvalue weighted by molar-refractivity contribution is 5.78. The van der Waals surface area contributed by atoms with E-state index in [0.29, 0.717) is 13.0 Å². The summed E-state index contributed by atoms with van der Waals surface area (Å²) < 4.78 is 5.13. The Morgan fingerprint density at radius 3 is 2.62 bits per heavy atom. The van der Waals surface area contributed by atoms with Crippen molar-refractivity contribution in [2.24, 2.45) is 0 Å². The third-order valence-electron chi connectivity index (χ3n) is 1.57. The predicted molar refractivity (Wildman–Crippen MR) is 54.7 cm³/mol. The standard InChI is InChI=1S/C11H18O2/c1-4-11(9-10(3)12)7-6-8-13-5-2/h4,6-7H,5,8-9H2,1-3H3/b7-6-,11-4+. The SMILES string of the molecule is C/C=C(\C=C/COCC)CC(C)=O. The highest BCUT2D eigenvalue weighted by Crippen LogP contribution is 2.03. The number of carbonyl (C=O) groups excluding carboxylic acids is 1. The maximum atomic E-state index is 10.8. The van der Waals surface area contributed by atoms with E-state index in [2.05, 4.69) is 0 Å². The number of rotatable bonds is 6. The fraction of sp³-hybridized carbons (Fsp3) is 0.545. The van der Waals surface area contributed by atoms with Gasteiger partial charge in [-0.2, -0.15) is 0 Å². The van der Waals surface area contributed by atoms with Crippen molar-refractivity contribution in [1.29, 1.82) is 0 Å². The van der Waals surface area contributed by atoms with Crippen molar-refractivity contribution in [1.82, 2.24) is 0 Å². The van der Waals surface area contributed by atoms with Crippen molar-refractivity contribution in [3.05, 3.63) is 23.8 Å². The number of hydrogen-bond acceptors (Lipinski definition) is 2. The first-order valence-electron chi connectivity index (χ1n) is 4.59. The van der Waals surface area contributed by atoms with Crippen LogP contribution in [-0.4, -0.2) is 19.0 Å². The lowest BCUT2D eigenvalue weighted by molar-refractivity contribution is -0.116. The van der Waals surface area contributed by atoms with E-state index < -0.39 is 0 Å². The molecule has 0 aliphatic heterocycles. The van der Waals surface area contributed by atoms with Crippen LogP contribution >= 0.6 is 0 Å². The number of carbonyl (C=O) groups is 1. The van der Waals surface area contributed by atoms with Crippen LogP contribution in [0.3, 0.4) is 0 Å². The molecule has 0 spiro atoms. The summed E-state index contributed by atoms with van der Waals surface area (Å²) >= 11 is 0. The third kappa shape index (κ3) is 7.47. The summed E-state index contributed by atoms with van der Waals surface area (Å²) in [6, 6.07) is 0. The average Bonchev–Trinajstić information content (AvgIpc) is 2.09. The molecule has 0 N–H and O–H groups in total. The monoisotopic (exact) mass is 182 g/mol. The second-order valence-corrected chi connectivity index (χ2v) is 2.80. The van der Waals surface area contributed by atoms with E-state index in [1.54, 1.807) is 6.92 Å². The first-order chi connectivity index (χ1) is 6.20. The highest BCUT2D eigenvalue weighted by atomic mass is 16.5. The zero-order valence-electron chi connectivity index (χ0n) is 8.67. The Balaban J connectivity index is 3.85. The van der Waals surface area contributed by atoms with Gasteiger partial charge in [0.15, 0.2) is 0 Å². The van der Waals surface area contributed by atoms with Crippen molar-refractivity contribution >= 4 is 5.78 Å². The molecule has 2 heteroatoms. The van der Waals surface area contributed by atoms with E-state index >= 15 is 0 Å². The minimum absolute atomic E-state index is 0.189. The van der Waals surface area contributed by atoms with Crippen molar-refractivity contribution in [2.75, 3.05) is 13.2 Å². The lowest BCUT2D eigenvalue weighted by Crippen LogP contribution is -1.92. The Morgan fingerprint density at radius 2 is 2.15 bits per heavy atom. The largest absolute Gasteiger partial charge is 0.378 e. The molecule has 0 aliphatic carbocycles.